The van der Waals surface area contributed by atoms with E-state index in [0.717, 1.165) is 10.9 Å². The molecule has 0 radical (unpaired) electrons. The van der Waals surface area contributed by atoms with Crippen LogP contribution in [0.15, 0.2) is 54.6 Å². The van der Waals surface area contributed by atoms with E-state index in [-0.39, 0.29) is 12.0 Å². The number of amides is 1. The molecular weight excluding hydrogens is 359 g/mol. The molecule has 1 aliphatic rings. The minimum atomic E-state index is -0.140. The van der Waals surface area contributed by atoms with Gasteiger partial charge in [-0.3, -0.25) is 4.79 Å². The third-order valence-electron chi connectivity index (χ3n) is 4.15. The number of hydrogen-bond acceptors (Lipinski definition) is 3. The summed E-state index contributed by atoms with van der Waals surface area (Å²) in [6.07, 6.45) is -0.0735. The van der Waals surface area contributed by atoms with Crippen LogP contribution in [0.25, 0.3) is 10.9 Å². The number of likely N-dealkylation sites (tertiary alicyclic amines) is 1. The van der Waals surface area contributed by atoms with Crippen LogP contribution in [0.4, 0.5) is 0 Å². The number of rotatable bonds is 3. The molecule has 0 unspecified atom stereocenters. The molecule has 2 aromatic carbocycles. The van der Waals surface area contributed by atoms with E-state index in [4.69, 9.17) is 27.9 Å². The molecule has 1 amide bonds. The molecule has 2 heterocycles. The Morgan fingerprint density at radius 1 is 1.08 bits per heavy atom. The maximum Gasteiger partial charge on any atom is 0.255 e. The van der Waals surface area contributed by atoms with Crippen molar-refractivity contribution in [1.82, 2.24) is 9.88 Å². The molecular formula is C19H14Cl2N2O2. The molecule has 1 aromatic heterocycles. The van der Waals surface area contributed by atoms with E-state index in [1.807, 2.05) is 36.4 Å². The van der Waals surface area contributed by atoms with Gasteiger partial charge >= 0.3 is 0 Å². The van der Waals surface area contributed by atoms with E-state index < -0.39 is 0 Å². The summed E-state index contributed by atoms with van der Waals surface area (Å²) in [6, 6.07) is 16.6. The molecule has 1 saturated heterocycles. The maximum absolute atomic E-state index is 12.5. The number of ether oxygens (including phenoxy) is 1. The molecule has 4 rings (SSSR count). The zero-order valence-corrected chi connectivity index (χ0v) is 14.7. The summed E-state index contributed by atoms with van der Waals surface area (Å²) >= 11 is 12.0. The smallest absolute Gasteiger partial charge is 0.255 e. The average molecular weight is 373 g/mol. The van der Waals surface area contributed by atoms with E-state index >= 15 is 0 Å². The highest BCUT2D eigenvalue weighted by Crippen LogP contribution is 2.25. The second-order valence-electron chi connectivity index (χ2n) is 5.92. The van der Waals surface area contributed by atoms with Gasteiger partial charge in [0.25, 0.3) is 5.91 Å². The number of fused-ring (bicyclic) bond motifs is 1. The lowest BCUT2D eigenvalue weighted by molar-refractivity contribution is 0.0161. The lowest BCUT2D eigenvalue weighted by Crippen LogP contribution is -2.56. The molecule has 6 heteroatoms. The second-order valence-corrected chi connectivity index (χ2v) is 6.76. The fourth-order valence-electron chi connectivity index (χ4n) is 2.79. The van der Waals surface area contributed by atoms with E-state index in [2.05, 4.69) is 4.98 Å². The van der Waals surface area contributed by atoms with E-state index in [1.54, 1.807) is 23.1 Å². The first kappa shape index (κ1) is 16.2. The average Bonchev–Trinajstić information content (AvgIpc) is 2.59. The molecule has 126 valence electrons. The van der Waals surface area contributed by atoms with Crippen molar-refractivity contribution in [3.8, 4) is 5.88 Å². The van der Waals surface area contributed by atoms with Gasteiger partial charge in [-0.1, -0.05) is 41.4 Å². The molecule has 25 heavy (non-hydrogen) atoms. The Bertz CT molecular complexity index is 955. The second kappa shape index (κ2) is 6.54. The lowest BCUT2D eigenvalue weighted by atomic mass is 10.1. The van der Waals surface area contributed by atoms with Crippen LogP contribution in [0.2, 0.25) is 10.0 Å². The van der Waals surface area contributed by atoms with Crippen LogP contribution >= 0.6 is 23.2 Å². The molecule has 0 aliphatic carbocycles. The number of hydrogen-bond donors (Lipinski definition) is 0. The van der Waals surface area contributed by atoms with Crippen LogP contribution in [-0.4, -0.2) is 35.0 Å². The Labute approximate surface area is 154 Å². The summed E-state index contributed by atoms with van der Waals surface area (Å²) < 4.78 is 5.86. The number of carbonyl (C=O) groups is 1. The van der Waals surface area contributed by atoms with Gasteiger partial charge in [-0.15, -0.1) is 0 Å². The SMILES string of the molecule is O=C(c1cc(Cl)ccc1Cl)N1CC(Oc2ccc3ccccc3n2)C1. The van der Waals surface area contributed by atoms with Crippen LogP contribution in [0, 0.1) is 0 Å². The first-order chi connectivity index (χ1) is 12.1. The standard InChI is InChI=1S/C19H14Cl2N2O2/c20-13-6-7-16(21)15(9-13)19(24)23-10-14(11-23)25-18-8-5-12-3-1-2-4-17(12)22-18/h1-9,14H,10-11H2. The molecule has 0 saturated carbocycles. The van der Waals surface area contributed by atoms with Gasteiger partial charge in [0.2, 0.25) is 5.88 Å². The summed E-state index contributed by atoms with van der Waals surface area (Å²) in [7, 11) is 0. The summed E-state index contributed by atoms with van der Waals surface area (Å²) in [5.41, 5.74) is 1.30. The third kappa shape index (κ3) is 3.28. The van der Waals surface area contributed by atoms with Crippen LogP contribution in [0.1, 0.15) is 10.4 Å². The molecule has 1 aliphatic heterocycles. The van der Waals surface area contributed by atoms with Crippen LogP contribution in [0.3, 0.4) is 0 Å². The first-order valence-corrected chi connectivity index (χ1v) is 8.62. The van der Waals surface area contributed by atoms with Gasteiger partial charge in [0.1, 0.15) is 6.10 Å². The van der Waals surface area contributed by atoms with Gasteiger partial charge in [-0.05, 0) is 30.3 Å². The molecule has 0 N–H and O–H groups in total. The Morgan fingerprint density at radius 3 is 2.72 bits per heavy atom. The van der Waals surface area contributed by atoms with Crippen LogP contribution in [-0.2, 0) is 0 Å². The Balaban J connectivity index is 1.41. The van der Waals surface area contributed by atoms with Gasteiger partial charge in [-0.25, -0.2) is 4.98 Å². The number of para-hydroxylation sites is 1. The van der Waals surface area contributed by atoms with Crippen molar-refractivity contribution < 1.29 is 9.53 Å². The van der Waals surface area contributed by atoms with Crippen molar-refractivity contribution in [3.05, 3.63) is 70.2 Å². The Morgan fingerprint density at radius 2 is 1.88 bits per heavy atom. The normalized spacial score (nSPS) is 14.4. The zero-order chi connectivity index (χ0) is 17.4. The van der Waals surface area contributed by atoms with Crippen molar-refractivity contribution in [2.24, 2.45) is 0 Å². The summed E-state index contributed by atoms with van der Waals surface area (Å²) in [5, 5.41) is 1.95. The Kier molecular flexibility index (Phi) is 4.24. The van der Waals surface area contributed by atoms with Crippen molar-refractivity contribution in [3.63, 3.8) is 0 Å². The zero-order valence-electron chi connectivity index (χ0n) is 13.2. The number of carbonyl (C=O) groups excluding carboxylic acids is 1. The fraction of sp³-hybridized carbons (Fsp3) is 0.158. The number of halogens is 2. The van der Waals surface area contributed by atoms with Crippen LogP contribution < -0.4 is 4.74 Å². The summed E-state index contributed by atoms with van der Waals surface area (Å²) in [6.45, 7) is 0.992. The van der Waals surface area contributed by atoms with E-state index in [9.17, 15) is 4.79 Å². The molecule has 0 bridgehead atoms. The maximum atomic E-state index is 12.5. The third-order valence-corrected chi connectivity index (χ3v) is 4.72. The minimum Gasteiger partial charge on any atom is -0.471 e. The number of nitrogens with zero attached hydrogens (tertiary/aromatic N) is 2. The van der Waals surface area contributed by atoms with Crippen molar-refractivity contribution in [1.29, 1.82) is 0 Å². The first-order valence-electron chi connectivity index (χ1n) is 7.87. The van der Waals surface area contributed by atoms with Gasteiger partial charge in [-0.2, -0.15) is 0 Å². The number of aromatic nitrogens is 1. The number of pyridine rings is 1. The van der Waals surface area contributed by atoms with Gasteiger partial charge < -0.3 is 9.64 Å². The molecule has 3 aromatic rings. The summed E-state index contributed by atoms with van der Waals surface area (Å²) in [5.74, 6) is 0.426. The highest BCUT2D eigenvalue weighted by Gasteiger charge is 2.34. The van der Waals surface area contributed by atoms with Gasteiger partial charge in [0.15, 0.2) is 0 Å². The topological polar surface area (TPSA) is 42.4 Å². The van der Waals surface area contributed by atoms with Crippen molar-refractivity contribution in [2.75, 3.05) is 13.1 Å². The quantitative estimate of drug-likeness (QED) is 0.682. The predicted octanol–water partition coefficient (Wildman–Crippen LogP) is 4.45. The lowest BCUT2D eigenvalue weighted by Gasteiger charge is -2.38. The molecule has 1 fully saturated rings. The van der Waals surface area contributed by atoms with E-state index in [1.165, 1.54) is 0 Å². The van der Waals surface area contributed by atoms with Crippen LogP contribution in [0.5, 0.6) is 5.88 Å². The molecule has 0 spiro atoms. The van der Waals surface area contributed by atoms with Gasteiger partial charge in [0, 0.05) is 16.5 Å². The van der Waals surface area contributed by atoms with Crippen molar-refractivity contribution >= 4 is 40.0 Å². The molecule has 4 nitrogen and oxygen atoms in total. The minimum absolute atomic E-state index is 0.0735. The number of benzene rings is 2. The molecule has 0 atom stereocenters. The largest absolute Gasteiger partial charge is 0.471 e. The Hall–Kier alpha value is -2.30. The van der Waals surface area contributed by atoms with Crippen molar-refractivity contribution in [2.45, 2.75) is 6.10 Å². The predicted molar refractivity (Wildman–Crippen MR) is 98.5 cm³/mol. The van der Waals surface area contributed by atoms with Gasteiger partial charge in [0.05, 0.1) is 29.2 Å². The monoisotopic (exact) mass is 372 g/mol. The fourth-order valence-corrected chi connectivity index (χ4v) is 3.16. The van der Waals surface area contributed by atoms with E-state index in [0.29, 0.717) is 34.6 Å². The highest BCUT2D eigenvalue weighted by atomic mass is 35.5. The summed E-state index contributed by atoms with van der Waals surface area (Å²) in [4.78, 5) is 18.7. The highest BCUT2D eigenvalue weighted by molar-refractivity contribution is 6.35.